The highest BCUT2D eigenvalue weighted by molar-refractivity contribution is 7.07. The van der Waals surface area contributed by atoms with E-state index in [1.54, 1.807) is 23.6 Å². The second-order valence-electron chi connectivity index (χ2n) is 10.6. The van der Waals surface area contributed by atoms with Crippen molar-refractivity contribution in [2.24, 2.45) is 4.99 Å². The molecule has 1 atom stereocenters. The van der Waals surface area contributed by atoms with Crippen molar-refractivity contribution in [2.75, 3.05) is 13.2 Å². The third-order valence-corrected chi connectivity index (χ3v) is 8.55. The quantitative estimate of drug-likeness (QED) is 0.179. The summed E-state index contributed by atoms with van der Waals surface area (Å²) < 4.78 is 19.3. The maximum absolute atomic E-state index is 14.2. The first kappa shape index (κ1) is 31.3. The Morgan fingerprint density at radius 1 is 0.915 bits per heavy atom. The highest BCUT2D eigenvalue weighted by Gasteiger charge is 2.35. The van der Waals surface area contributed by atoms with Crippen LogP contribution in [0.15, 0.2) is 118 Å². The van der Waals surface area contributed by atoms with E-state index in [0.717, 1.165) is 22.3 Å². The normalized spacial score (nSPS) is 14.1. The lowest BCUT2D eigenvalue weighted by molar-refractivity contribution is -0.138. The van der Waals surface area contributed by atoms with Gasteiger partial charge in [-0.15, -0.1) is 0 Å². The van der Waals surface area contributed by atoms with Crippen molar-refractivity contribution in [3.63, 3.8) is 0 Å². The van der Waals surface area contributed by atoms with Gasteiger partial charge in [-0.05, 0) is 61.4 Å². The van der Waals surface area contributed by atoms with E-state index in [4.69, 9.17) is 19.2 Å². The molecule has 0 spiro atoms. The van der Waals surface area contributed by atoms with Gasteiger partial charge in [0.15, 0.2) is 4.80 Å². The van der Waals surface area contributed by atoms with Crippen LogP contribution in [0, 0.1) is 11.3 Å². The molecule has 8 nitrogen and oxygen atoms in total. The average Bonchev–Trinajstić information content (AvgIpc) is 3.41. The fraction of sp³-hybridized carbons (Fsp3) is 0.158. The van der Waals surface area contributed by atoms with Crippen LogP contribution in [0.25, 0.3) is 11.8 Å². The van der Waals surface area contributed by atoms with Gasteiger partial charge >= 0.3 is 5.97 Å². The third kappa shape index (κ3) is 6.64. The average molecular weight is 642 g/mol. The van der Waals surface area contributed by atoms with Crippen LogP contribution in [0.1, 0.15) is 47.7 Å². The van der Waals surface area contributed by atoms with Crippen molar-refractivity contribution in [1.29, 1.82) is 5.26 Å². The summed E-state index contributed by atoms with van der Waals surface area (Å²) in [6.45, 7) is 4.58. The number of esters is 1. The number of benzene rings is 4. The number of hydrogen-bond donors (Lipinski definition) is 0. The van der Waals surface area contributed by atoms with Gasteiger partial charge in [0.1, 0.15) is 18.1 Å². The monoisotopic (exact) mass is 641 g/mol. The van der Waals surface area contributed by atoms with E-state index < -0.39 is 12.0 Å². The van der Waals surface area contributed by atoms with Crippen LogP contribution in [-0.2, 0) is 16.1 Å². The van der Waals surface area contributed by atoms with E-state index in [2.05, 4.69) is 6.07 Å². The van der Waals surface area contributed by atoms with E-state index in [9.17, 15) is 14.9 Å². The third-order valence-electron chi connectivity index (χ3n) is 7.57. The molecule has 4 aromatic carbocycles. The van der Waals surface area contributed by atoms with Gasteiger partial charge in [0.05, 0.1) is 46.7 Å². The van der Waals surface area contributed by atoms with Gasteiger partial charge in [0.2, 0.25) is 0 Å². The number of aromatic nitrogens is 1. The molecule has 1 aromatic heterocycles. The van der Waals surface area contributed by atoms with E-state index in [0.29, 0.717) is 38.7 Å². The zero-order chi connectivity index (χ0) is 32.8. The number of nitrogens with zero attached hydrogens (tertiary/aromatic N) is 3. The molecule has 47 heavy (non-hydrogen) atoms. The summed E-state index contributed by atoms with van der Waals surface area (Å²) in [6, 6.07) is 33.0. The van der Waals surface area contributed by atoms with Gasteiger partial charge in [-0.3, -0.25) is 9.36 Å². The number of rotatable bonds is 10. The summed E-state index contributed by atoms with van der Waals surface area (Å²) >= 11 is 1.25. The number of hydrogen-bond acceptors (Lipinski definition) is 8. The second-order valence-corrected chi connectivity index (χ2v) is 11.6. The molecule has 5 aromatic rings. The Kier molecular flexibility index (Phi) is 9.41. The molecule has 0 amide bonds. The van der Waals surface area contributed by atoms with Crippen molar-refractivity contribution >= 4 is 29.1 Å². The summed E-state index contributed by atoms with van der Waals surface area (Å²) in [6.07, 6.45) is 1.80. The number of thiazole rings is 1. The lowest BCUT2D eigenvalue weighted by Gasteiger charge is -2.26. The number of fused-ring (bicyclic) bond motifs is 1. The molecule has 2 heterocycles. The maximum atomic E-state index is 14.2. The molecule has 0 radical (unpaired) electrons. The predicted octanol–water partition coefficient (Wildman–Crippen LogP) is 5.78. The van der Waals surface area contributed by atoms with Crippen LogP contribution < -0.4 is 24.4 Å². The lowest BCUT2D eigenvalue weighted by Crippen LogP contribution is -2.40. The van der Waals surface area contributed by atoms with E-state index >= 15 is 0 Å². The fourth-order valence-corrected chi connectivity index (χ4v) is 6.43. The Morgan fingerprint density at radius 3 is 2.43 bits per heavy atom. The Bertz CT molecular complexity index is 2180. The second kappa shape index (κ2) is 14.1. The molecule has 6 rings (SSSR count). The summed E-state index contributed by atoms with van der Waals surface area (Å²) in [5.74, 6) is 0.750. The van der Waals surface area contributed by atoms with Crippen molar-refractivity contribution in [3.05, 3.63) is 156 Å². The zero-order valence-corrected chi connectivity index (χ0v) is 26.7. The zero-order valence-electron chi connectivity index (χ0n) is 25.9. The topological polar surface area (TPSA) is 103 Å². The van der Waals surface area contributed by atoms with Gasteiger partial charge < -0.3 is 14.2 Å². The molecule has 9 heteroatoms. The number of nitriles is 1. The van der Waals surface area contributed by atoms with Gasteiger partial charge in [-0.2, -0.15) is 5.26 Å². The van der Waals surface area contributed by atoms with Crippen molar-refractivity contribution in [3.8, 4) is 17.6 Å². The van der Waals surface area contributed by atoms with E-state index in [-0.39, 0.29) is 24.3 Å². The summed E-state index contributed by atoms with van der Waals surface area (Å²) in [7, 11) is 0. The molecule has 0 saturated carbocycles. The Balaban J connectivity index is 1.47. The lowest BCUT2D eigenvalue weighted by atomic mass is 9.93. The Morgan fingerprint density at radius 2 is 1.68 bits per heavy atom. The maximum Gasteiger partial charge on any atom is 0.338 e. The number of ether oxygens (including phenoxy) is 3. The van der Waals surface area contributed by atoms with Crippen LogP contribution in [-0.4, -0.2) is 23.8 Å². The molecule has 0 aliphatic carbocycles. The molecule has 0 N–H and O–H groups in total. The molecule has 1 aliphatic heterocycles. The van der Waals surface area contributed by atoms with Crippen LogP contribution in [0.3, 0.4) is 0 Å². The summed E-state index contributed by atoms with van der Waals surface area (Å²) in [4.78, 5) is 33.3. The van der Waals surface area contributed by atoms with Gasteiger partial charge in [0, 0.05) is 11.1 Å². The molecule has 0 bridgehead atoms. The van der Waals surface area contributed by atoms with Crippen molar-refractivity contribution in [2.45, 2.75) is 26.5 Å². The van der Waals surface area contributed by atoms with Crippen molar-refractivity contribution < 1.29 is 19.0 Å². The highest BCUT2D eigenvalue weighted by Crippen LogP contribution is 2.35. The van der Waals surface area contributed by atoms with Gasteiger partial charge in [-0.25, -0.2) is 9.79 Å². The van der Waals surface area contributed by atoms with E-state index in [1.165, 1.54) is 11.3 Å². The van der Waals surface area contributed by atoms with Crippen LogP contribution in [0.2, 0.25) is 0 Å². The number of carbonyl (C=O) groups is 1. The Hall–Kier alpha value is -5.72. The molecular weight excluding hydrogens is 611 g/mol. The van der Waals surface area contributed by atoms with Crippen molar-refractivity contribution in [1.82, 2.24) is 4.57 Å². The van der Waals surface area contributed by atoms with Crippen LogP contribution >= 0.6 is 11.3 Å². The minimum atomic E-state index is -0.784. The first-order valence-electron chi connectivity index (χ1n) is 15.2. The SMILES string of the molecule is CCOC(=O)C1=C(c2ccccc2)N=c2s/c(=C\c3cccc(OCc4ccccc4C#N)c3)c(=O)n2[C@@H]1c1ccc(OCC)cc1. The van der Waals surface area contributed by atoms with Crippen LogP contribution in [0.4, 0.5) is 0 Å². The first-order chi connectivity index (χ1) is 23.0. The Labute approximate surface area is 275 Å². The minimum Gasteiger partial charge on any atom is -0.494 e. The molecule has 0 saturated heterocycles. The smallest absolute Gasteiger partial charge is 0.338 e. The predicted molar refractivity (Wildman–Crippen MR) is 181 cm³/mol. The molecular formula is C38H31N3O5S. The molecule has 0 fully saturated rings. The van der Waals surface area contributed by atoms with Gasteiger partial charge in [-0.1, -0.05) is 84.1 Å². The number of carbonyl (C=O) groups excluding carboxylic acids is 1. The summed E-state index contributed by atoms with van der Waals surface area (Å²) in [5.41, 5.74) is 4.03. The fourth-order valence-electron chi connectivity index (χ4n) is 5.43. The largest absolute Gasteiger partial charge is 0.494 e. The van der Waals surface area contributed by atoms with E-state index in [1.807, 2.05) is 104 Å². The standard InChI is InChI=1S/C38H31N3O5S/c1-3-44-30-19-17-27(18-20-30)35-33(37(43)45-4-2)34(26-12-6-5-7-13-26)40-38-41(35)36(42)32(47-38)22-25-11-10-16-31(21-25)46-24-29-15-9-8-14-28(29)23-39/h5-22,35H,3-4,24H2,1-2H3/b32-22-/t35-/m1/s1. The van der Waals surface area contributed by atoms with Crippen LogP contribution in [0.5, 0.6) is 11.5 Å². The molecule has 0 unspecified atom stereocenters. The molecule has 1 aliphatic rings. The first-order valence-corrected chi connectivity index (χ1v) is 16.0. The minimum absolute atomic E-state index is 0.172. The highest BCUT2D eigenvalue weighted by atomic mass is 32.1. The van der Waals surface area contributed by atoms with Gasteiger partial charge in [0.25, 0.3) is 5.56 Å². The summed E-state index contributed by atoms with van der Waals surface area (Å²) in [5, 5.41) is 9.42. The molecule has 234 valence electrons.